The molecule has 0 unspecified atom stereocenters. The van der Waals surface area contributed by atoms with Crippen molar-refractivity contribution in [2.24, 2.45) is 10.8 Å². The highest BCUT2D eigenvalue weighted by Gasteiger charge is 2.87. The largest absolute Gasteiger partial charge is 0.0929 e. The molecule has 0 amide bonds. The highest BCUT2D eigenvalue weighted by atomic mass is 79.9. The van der Waals surface area contributed by atoms with E-state index >= 15 is 0 Å². The molecule has 2 spiro atoms. The van der Waals surface area contributed by atoms with Crippen LogP contribution in [0.3, 0.4) is 0 Å². The molecule has 3 rings (SSSR count). The summed E-state index contributed by atoms with van der Waals surface area (Å²) >= 11 is 7.74. The summed E-state index contributed by atoms with van der Waals surface area (Å²) in [6.07, 6.45) is 8.77. The Labute approximate surface area is 84.4 Å². The number of hydrogen-bond acceptors (Lipinski definition) is 0. The third-order valence-electron chi connectivity index (χ3n) is 4.47. The van der Waals surface area contributed by atoms with Gasteiger partial charge in [-0.2, -0.15) is 0 Å². The van der Waals surface area contributed by atoms with Crippen LogP contribution in [0.1, 0.15) is 38.5 Å². The second kappa shape index (κ2) is 1.75. The molecule has 62 valence electrons. The summed E-state index contributed by atoms with van der Waals surface area (Å²) in [7, 11) is 0. The predicted molar refractivity (Wildman–Crippen MR) is 53.2 cm³/mol. The summed E-state index contributed by atoms with van der Waals surface area (Å²) in [6.45, 7) is 0. The monoisotopic (exact) mass is 278 g/mol. The fraction of sp³-hybridized carbons (Fsp3) is 1.00. The van der Waals surface area contributed by atoms with Crippen molar-refractivity contribution in [2.45, 2.75) is 41.8 Å². The summed E-state index contributed by atoms with van der Waals surface area (Å²) in [5.41, 5.74) is 1.39. The second-order valence-corrected chi connectivity index (χ2v) is 7.89. The molecule has 3 aliphatic rings. The van der Waals surface area contributed by atoms with Gasteiger partial charge in [0.2, 0.25) is 0 Å². The van der Waals surface area contributed by atoms with Crippen molar-refractivity contribution in [3.63, 3.8) is 0 Å². The summed E-state index contributed by atoms with van der Waals surface area (Å²) < 4.78 is 0.358. The van der Waals surface area contributed by atoms with Gasteiger partial charge in [-0.25, -0.2) is 0 Å². The maximum Gasteiger partial charge on any atom is 0.0929 e. The molecule has 3 fully saturated rings. The van der Waals surface area contributed by atoms with Gasteiger partial charge in [0, 0.05) is 10.8 Å². The third-order valence-corrected chi connectivity index (χ3v) is 7.51. The van der Waals surface area contributed by atoms with Crippen molar-refractivity contribution in [1.82, 2.24) is 0 Å². The van der Waals surface area contributed by atoms with E-state index in [-0.39, 0.29) is 0 Å². The maximum atomic E-state index is 3.87. The first-order valence-electron chi connectivity index (χ1n) is 4.54. The van der Waals surface area contributed by atoms with Gasteiger partial charge in [-0.15, -0.1) is 0 Å². The molecule has 2 heteroatoms. The van der Waals surface area contributed by atoms with E-state index in [9.17, 15) is 0 Å². The van der Waals surface area contributed by atoms with Gasteiger partial charge in [-0.3, -0.25) is 0 Å². The lowest BCUT2D eigenvalue weighted by molar-refractivity contribution is 0.129. The Hall–Kier alpha value is 0.960. The summed E-state index contributed by atoms with van der Waals surface area (Å²) in [6, 6.07) is 0. The lowest BCUT2D eigenvalue weighted by Gasteiger charge is -2.37. The quantitative estimate of drug-likeness (QED) is 0.591. The van der Waals surface area contributed by atoms with Crippen LogP contribution in [0.15, 0.2) is 0 Å². The molecule has 0 N–H and O–H groups in total. The van der Waals surface area contributed by atoms with Crippen LogP contribution < -0.4 is 0 Å². The van der Waals surface area contributed by atoms with E-state index in [2.05, 4.69) is 31.9 Å². The van der Waals surface area contributed by atoms with E-state index in [1.165, 1.54) is 38.5 Å². The zero-order valence-electron chi connectivity index (χ0n) is 6.50. The molecule has 3 aliphatic carbocycles. The Kier molecular flexibility index (Phi) is 1.17. The van der Waals surface area contributed by atoms with E-state index in [0.29, 0.717) is 14.1 Å². The van der Waals surface area contributed by atoms with E-state index < -0.39 is 0 Å². The minimum atomic E-state index is 0.358. The van der Waals surface area contributed by atoms with Crippen molar-refractivity contribution < 1.29 is 0 Å². The lowest BCUT2D eigenvalue weighted by atomic mass is 9.67. The number of alkyl halides is 2. The van der Waals surface area contributed by atoms with Gasteiger partial charge in [0.15, 0.2) is 0 Å². The fourth-order valence-electron chi connectivity index (χ4n) is 3.39. The van der Waals surface area contributed by atoms with Gasteiger partial charge < -0.3 is 0 Å². The standard InChI is InChI=1S/C9H12Br2/c10-9(11)7(3-1-4-7)8(9)5-2-6-8/h1-6H2. The van der Waals surface area contributed by atoms with E-state index in [1.807, 2.05) is 0 Å². The molecule has 0 saturated heterocycles. The first-order chi connectivity index (χ1) is 5.16. The molecule has 0 nitrogen and oxygen atoms in total. The molecular formula is C9H12Br2. The Balaban J connectivity index is 1.98. The van der Waals surface area contributed by atoms with Crippen LogP contribution in [0.2, 0.25) is 0 Å². The van der Waals surface area contributed by atoms with Gasteiger partial charge in [-0.05, 0) is 25.7 Å². The second-order valence-electron chi connectivity index (χ2n) is 4.45. The number of hydrogen-bond donors (Lipinski definition) is 0. The van der Waals surface area contributed by atoms with Gasteiger partial charge >= 0.3 is 0 Å². The van der Waals surface area contributed by atoms with E-state index in [0.717, 1.165) is 0 Å². The Bertz CT molecular complexity index is 190. The molecule has 0 atom stereocenters. The molecule has 3 saturated carbocycles. The zero-order valence-corrected chi connectivity index (χ0v) is 9.67. The molecule has 0 aromatic carbocycles. The molecule has 0 aliphatic heterocycles. The van der Waals surface area contributed by atoms with E-state index in [1.54, 1.807) is 0 Å². The first kappa shape index (κ1) is 7.37. The van der Waals surface area contributed by atoms with Gasteiger partial charge in [0.25, 0.3) is 0 Å². The van der Waals surface area contributed by atoms with Crippen molar-refractivity contribution in [3.8, 4) is 0 Å². The van der Waals surface area contributed by atoms with Crippen molar-refractivity contribution in [1.29, 1.82) is 0 Å². The molecule has 0 aromatic rings. The lowest BCUT2D eigenvalue weighted by Crippen LogP contribution is -2.26. The topological polar surface area (TPSA) is 0 Å². The summed E-state index contributed by atoms with van der Waals surface area (Å²) in [4.78, 5) is 0. The minimum absolute atomic E-state index is 0.358. The van der Waals surface area contributed by atoms with Gasteiger partial charge in [-0.1, -0.05) is 44.7 Å². The van der Waals surface area contributed by atoms with Crippen molar-refractivity contribution in [3.05, 3.63) is 0 Å². The van der Waals surface area contributed by atoms with Gasteiger partial charge in [0.1, 0.15) is 0 Å². The Morgan fingerprint density at radius 1 is 0.727 bits per heavy atom. The van der Waals surface area contributed by atoms with Gasteiger partial charge in [0.05, 0.1) is 3.23 Å². The van der Waals surface area contributed by atoms with E-state index in [4.69, 9.17) is 0 Å². The highest BCUT2D eigenvalue weighted by Crippen LogP contribution is 2.92. The molecule has 0 heterocycles. The summed E-state index contributed by atoms with van der Waals surface area (Å²) in [5, 5.41) is 0. The number of rotatable bonds is 0. The Morgan fingerprint density at radius 3 is 1.18 bits per heavy atom. The first-order valence-corrected chi connectivity index (χ1v) is 6.13. The summed E-state index contributed by atoms with van der Waals surface area (Å²) in [5.74, 6) is 0. The minimum Gasteiger partial charge on any atom is -0.0714 e. The maximum absolute atomic E-state index is 3.87. The number of halogens is 2. The fourth-order valence-corrected chi connectivity index (χ4v) is 6.29. The van der Waals surface area contributed by atoms with Crippen LogP contribution in [0, 0.1) is 10.8 Å². The molecule has 0 radical (unpaired) electrons. The predicted octanol–water partition coefficient (Wildman–Crippen LogP) is 3.83. The van der Waals surface area contributed by atoms with Crippen LogP contribution in [0.5, 0.6) is 0 Å². The molecule has 11 heavy (non-hydrogen) atoms. The SMILES string of the molecule is BrC1(Br)C2(CCC2)C12CCC2. The number of fused-ring (bicyclic) bond motifs is 1. The average Bonchev–Trinajstić information content (AvgIpc) is 2.17. The van der Waals surface area contributed by atoms with Crippen LogP contribution in [-0.4, -0.2) is 3.23 Å². The highest BCUT2D eigenvalue weighted by molar-refractivity contribution is 9.25. The molecular weight excluding hydrogens is 268 g/mol. The van der Waals surface area contributed by atoms with Crippen LogP contribution in [0.4, 0.5) is 0 Å². The average molecular weight is 280 g/mol. The third kappa shape index (κ3) is 0.500. The van der Waals surface area contributed by atoms with Crippen LogP contribution >= 0.6 is 31.9 Å². The van der Waals surface area contributed by atoms with Crippen molar-refractivity contribution >= 4 is 31.9 Å². The van der Waals surface area contributed by atoms with Crippen LogP contribution in [-0.2, 0) is 0 Å². The zero-order chi connectivity index (χ0) is 7.74. The van der Waals surface area contributed by atoms with Crippen molar-refractivity contribution in [2.75, 3.05) is 0 Å². The van der Waals surface area contributed by atoms with Crippen LogP contribution in [0.25, 0.3) is 0 Å². The Morgan fingerprint density at radius 2 is 1.09 bits per heavy atom. The normalized spacial score (nSPS) is 39.8. The molecule has 0 aromatic heterocycles. The smallest absolute Gasteiger partial charge is 0.0714 e. The molecule has 0 bridgehead atoms.